The van der Waals surface area contributed by atoms with Crippen LogP contribution in [0.5, 0.6) is 5.75 Å². The van der Waals surface area contributed by atoms with Gasteiger partial charge in [-0.15, -0.1) is 0 Å². The molecule has 1 atom stereocenters. The standard InChI is InChI=1S/C20H17N5O4/c1-28-14-10-6-9-13(11-14)17-15(18(26)12-7-4-3-5-8-12)16(19(27)29-2)21-20-22-23-24-25(17)20/h3-11,17H,1-2H3,(H,21,22,24)/t17-/m0/s1. The lowest BCUT2D eigenvalue weighted by molar-refractivity contribution is -0.136. The lowest BCUT2D eigenvalue weighted by Crippen LogP contribution is -2.32. The zero-order valence-corrected chi connectivity index (χ0v) is 15.7. The molecule has 0 saturated heterocycles. The maximum atomic E-state index is 13.5. The largest absolute Gasteiger partial charge is 0.497 e. The minimum Gasteiger partial charge on any atom is -0.497 e. The van der Waals surface area contributed by atoms with Crippen molar-refractivity contribution in [1.29, 1.82) is 0 Å². The van der Waals surface area contributed by atoms with Crippen molar-refractivity contribution in [2.24, 2.45) is 0 Å². The Labute approximate surface area is 165 Å². The van der Waals surface area contributed by atoms with Gasteiger partial charge in [0.15, 0.2) is 5.78 Å². The van der Waals surface area contributed by atoms with Crippen LogP contribution in [0.2, 0.25) is 0 Å². The van der Waals surface area contributed by atoms with Crippen molar-refractivity contribution in [3.05, 3.63) is 77.0 Å². The first-order chi connectivity index (χ1) is 14.1. The molecule has 0 saturated carbocycles. The molecule has 0 bridgehead atoms. The van der Waals surface area contributed by atoms with Gasteiger partial charge in [-0.2, -0.15) is 4.68 Å². The normalized spacial score (nSPS) is 15.3. The number of hydrogen-bond acceptors (Lipinski definition) is 8. The summed E-state index contributed by atoms with van der Waals surface area (Å²) < 4.78 is 11.7. The molecule has 0 aliphatic carbocycles. The molecule has 1 aliphatic rings. The number of ether oxygens (including phenoxy) is 2. The van der Waals surface area contributed by atoms with Crippen LogP contribution in [0.25, 0.3) is 0 Å². The van der Waals surface area contributed by atoms with Crippen molar-refractivity contribution in [3.63, 3.8) is 0 Å². The smallest absolute Gasteiger partial charge is 0.355 e. The second-order valence-electron chi connectivity index (χ2n) is 6.23. The van der Waals surface area contributed by atoms with Crippen molar-refractivity contribution >= 4 is 17.7 Å². The number of ketones is 1. The Bertz CT molecular complexity index is 1110. The van der Waals surface area contributed by atoms with Crippen LogP contribution < -0.4 is 10.1 Å². The topological polar surface area (TPSA) is 108 Å². The highest BCUT2D eigenvalue weighted by molar-refractivity contribution is 6.14. The number of carbonyl (C=O) groups is 2. The highest BCUT2D eigenvalue weighted by Crippen LogP contribution is 2.37. The average Bonchev–Trinajstić information content (AvgIpc) is 3.25. The van der Waals surface area contributed by atoms with Gasteiger partial charge >= 0.3 is 5.97 Å². The van der Waals surface area contributed by atoms with E-state index >= 15 is 0 Å². The fourth-order valence-electron chi connectivity index (χ4n) is 3.25. The van der Waals surface area contributed by atoms with Gasteiger partial charge in [0.05, 0.1) is 19.8 Å². The summed E-state index contributed by atoms with van der Waals surface area (Å²) in [5.74, 6) is -0.205. The average molecular weight is 391 g/mol. The number of rotatable bonds is 5. The first kappa shape index (κ1) is 18.4. The molecular formula is C20H17N5O4. The Morgan fingerprint density at radius 2 is 1.86 bits per heavy atom. The fraction of sp³-hybridized carbons (Fsp3) is 0.150. The number of anilines is 1. The van der Waals surface area contributed by atoms with E-state index in [9.17, 15) is 9.59 Å². The summed E-state index contributed by atoms with van der Waals surface area (Å²) in [5, 5.41) is 14.5. The number of Topliss-reactive ketones (excluding diaryl/α,β-unsaturated/α-hetero) is 1. The third kappa shape index (κ3) is 3.22. The molecule has 9 nitrogen and oxygen atoms in total. The van der Waals surface area contributed by atoms with Crippen LogP contribution in [-0.2, 0) is 9.53 Å². The Kier molecular flexibility index (Phi) is 4.78. The van der Waals surface area contributed by atoms with Gasteiger partial charge in [-0.1, -0.05) is 47.6 Å². The first-order valence-corrected chi connectivity index (χ1v) is 8.75. The van der Waals surface area contributed by atoms with Gasteiger partial charge in [0, 0.05) is 5.56 Å². The molecule has 0 spiro atoms. The van der Waals surface area contributed by atoms with Gasteiger partial charge in [-0.3, -0.25) is 4.79 Å². The Balaban J connectivity index is 1.96. The minimum absolute atomic E-state index is 0.00327. The lowest BCUT2D eigenvalue weighted by Gasteiger charge is -2.28. The zero-order valence-electron chi connectivity index (χ0n) is 15.7. The Morgan fingerprint density at radius 1 is 1.07 bits per heavy atom. The van der Waals surface area contributed by atoms with E-state index in [1.54, 1.807) is 49.6 Å². The minimum atomic E-state index is -0.752. The second kappa shape index (κ2) is 7.55. The van der Waals surface area contributed by atoms with Crippen molar-refractivity contribution in [3.8, 4) is 5.75 Å². The highest BCUT2D eigenvalue weighted by Gasteiger charge is 2.38. The van der Waals surface area contributed by atoms with E-state index in [1.165, 1.54) is 11.8 Å². The van der Waals surface area contributed by atoms with Crippen molar-refractivity contribution < 1.29 is 19.1 Å². The van der Waals surface area contributed by atoms with Gasteiger partial charge in [0.2, 0.25) is 5.95 Å². The molecular weight excluding hydrogens is 374 g/mol. The number of benzene rings is 2. The fourth-order valence-corrected chi connectivity index (χ4v) is 3.25. The van der Waals surface area contributed by atoms with Crippen LogP contribution >= 0.6 is 0 Å². The third-order valence-corrected chi connectivity index (χ3v) is 4.60. The molecule has 1 N–H and O–H groups in total. The molecule has 4 rings (SSSR count). The molecule has 2 heterocycles. The molecule has 0 radical (unpaired) electrons. The van der Waals surface area contributed by atoms with Crippen LogP contribution in [-0.4, -0.2) is 46.2 Å². The van der Waals surface area contributed by atoms with E-state index in [2.05, 4.69) is 20.8 Å². The van der Waals surface area contributed by atoms with Gasteiger partial charge < -0.3 is 14.8 Å². The Hall–Kier alpha value is -4.01. The molecule has 1 aromatic heterocycles. The SMILES string of the molecule is COC(=O)C1=C(C(=O)c2ccccc2)[C@H](c2cccc(OC)c2)n2nnnc2N1. The Morgan fingerprint density at radius 3 is 2.59 bits per heavy atom. The van der Waals surface area contributed by atoms with Crippen molar-refractivity contribution in [1.82, 2.24) is 20.2 Å². The van der Waals surface area contributed by atoms with Gasteiger partial charge in [0.25, 0.3) is 0 Å². The third-order valence-electron chi connectivity index (χ3n) is 4.60. The highest BCUT2D eigenvalue weighted by atomic mass is 16.5. The molecule has 2 aromatic carbocycles. The number of nitrogens with one attached hydrogen (secondary N) is 1. The number of tetrazole rings is 1. The molecule has 0 unspecified atom stereocenters. The zero-order chi connectivity index (χ0) is 20.4. The first-order valence-electron chi connectivity index (χ1n) is 8.75. The maximum absolute atomic E-state index is 13.5. The van der Waals surface area contributed by atoms with Crippen molar-refractivity contribution in [2.45, 2.75) is 6.04 Å². The predicted molar refractivity (Wildman–Crippen MR) is 102 cm³/mol. The van der Waals surface area contributed by atoms with E-state index < -0.39 is 12.0 Å². The summed E-state index contributed by atoms with van der Waals surface area (Å²) in [7, 11) is 2.80. The lowest BCUT2D eigenvalue weighted by atomic mass is 9.89. The number of allylic oxidation sites excluding steroid dienone is 1. The summed E-state index contributed by atoms with van der Waals surface area (Å²) >= 11 is 0. The number of hydrogen-bond donors (Lipinski definition) is 1. The number of methoxy groups -OCH3 is 2. The van der Waals surface area contributed by atoms with Crippen LogP contribution in [0, 0.1) is 0 Å². The van der Waals surface area contributed by atoms with Crippen LogP contribution in [0.4, 0.5) is 5.95 Å². The summed E-state index contributed by atoms with van der Waals surface area (Å²) in [6, 6.07) is 15.1. The van der Waals surface area contributed by atoms with Crippen LogP contribution in [0.1, 0.15) is 22.0 Å². The maximum Gasteiger partial charge on any atom is 0.355 e. The van der Waals surface area contributed by atoms with Gasteiger partial charge in [0.1, 0.15) is 17.5 Å². The number of aromatic nitrogens is 4. The summed E-state index contributed by atoms with van der Waals surface area (Å²) in [6.45, 7) is 0. The second-order valence-corrected chi connectivity index (χ2v) is 6.23. The quantitative estimate of drug-likeness (QED) is 0.520. The molecule has 3 aromatic rings. The van der Waals surface area contributed by atoms with E-state index in [4.69, 9.17) is 9.47 Å². The molecule has 146 valence electrons. The number of fused-ring (bicyclic) bond motifs is 1. The molecule has 9 heteroatoms. The molecule has 0 amide bonds. The summed E-state index contributed by atoms with van der Waals surface area (Å²) in [4.78, 5) is 26.0. The molecule has 29 heavy (non-hydrogen) atoms. The number of esters is 1. The van der Waals surface area contributed by atoms with E-state index in [1.807, 2.05) is 12.1 Å². The van der Waals surface area contributed by atoms with Crippen LogP contribution in [0.3, 0.4) is 0 Å². The van der Waals surface area contributed by atoms with E-state index in [0.29, 0.717) is 16.9 Å². The predicted octanol–water partition coefficient (Wildman–Crippen LogP) is 2.01. The van der Waals surface area contributed by atoms with Gasteiger partial charge in [-0.05, 0) is 28.1 Å². The van der Waals surface area contributed by atoms with Crippen LogP contribution in [0.15, 0.2) is 65.9 Å². The molecule has 1 aliphatic heterocycles. The summed E-state index contributed by atoms with van der Waals surface area (Å²) in [5.41, 5.74) is 1.28. The van der Waals surface area contributed by atoms with E-state index in [0.717, 1.165) is 0 Å². The number of nitrogens with zero attached hydrogens (tertiary/aromatic N) is 4. The molecule has 0 fully saturated rings. The monoisotopic (exact) mass is 391 g/mol. The van der Waals surface area contributed by atoms with Gasteiger partial charge in [-0.25, -0.2) is 4.79 Å². The van der Waals surface area contributed by atoms with E-state index in [-0.39, 0.29) is 23.0 Å². The summed E-state index contributed by atoms with van der Waals surface area (Å²) in [6.07, 6.45) is 0. The number of carbonyl (C=O) groups excluding carboxylic acids is 2. The van der Waals surface area contributed by atoms with Crippen molar-refractivity contribution in [2.75, 3.05) is 19.5 Å².